The van der Waals surface area contributed by atoms with Gasteiger partial charge in [0.15, 0.2) is 6.10 Å². The average Bonchev–Trinajstić information content (AvgIpc) is 2.57. The standard InChI is InChI=1S/C18H18N2O4/c1-3-23-14-7-4-12(5-8-14)18(22)19-13-6-9-16-15(10-13)20-17(21)11(2)24-16/h4-11H,3H2,1-2H3,(H,19,22)(H,20,21)/t11-/m1/s1. The molecule has 6 heteroatoms. The van der Waals surface area contributed by atoms with Gasteiger partial charge >= 0.3 is 0 Å². The molecule has 0 saturated carbocycles. The summed E-state index contributed by atoms with van der Waals surface area (Å²) in [4.78, 5) is 24.0. The zero-order chi connectivity index (χ0) is 17.1. The van der Waals surface area contributed by atoms with E-state index in [9.17, 15) is 9.59 Å². The fourth-order valence-electron chi connectivity index (χ4n) is 2.36. The molecule has 2 aromatic rings. The fourth-order valence-corrected chi connectivity index (χ4v) is 2.36. The lowest BCUT2D eigenvalue weighted by Crippen LogP contribution is -2.34. The molecule has 0 spiro atoms. The Hall–Kier alpha value is -3.02. The molecular formula is C18H18N2O4. The molecule has 0 aromatic heterocycles. The van der Waals surface area contributed by atoms with E-state index in [2.05, 4.69) is 10.6 Å². The molecule has 2 amide bonds. The topological polar surface area (TPSA) is 76.7 Å². The summed E-state index contributed by atoms with van der Waals surface area (Å²) in [5.74, 6) is 0.852. The van der Waals surface area contributed by atoms with Crippen molar-refractivity contribution < 1.29 is 19.1 Å². The van der Waals surface area contributed by atoms with Crippen LogP contribution in [0.25, 0.3) is 0 Å². The number of benzene rings is 2. The Labute approximate surface area is 139 Å². The quantitative estimate of drug-likeness (QED) is 0.905. The van der Waals surface area contributed by atoms with Crippen molar-refractivity contribution in [1.82, 2.24) is 0 Å². The molecule has 3 rings (SSSR count). The van der Waals surface area contributed by atoms with Crippen LogP contribution in [-0.4, -0.2) is 24.5 Å². The molecule has 1 aliphatic rings. The molecule has 0 saturated heterocycles. The maximum Gasteiger partial charge on any atom is 0.265 e. The van der Waals surface area contributed by atoms with Crippen LogP contribution in [0.3, 0.4) is 0 Å². The van der Waals surface area contributed by atoms with Crippen LogP contribution >= 0.6 is 0 Å². The first-order valence-corrected chi connectivity index (χ1v) is 7.72. The lowest BCUT2D eigenvalue weighted by Gasteiger charge is -2.23. The smallest absolute Gasteiger partial charge is 0.265 e. The fraction of sp³-hybridized carbons (Fsp3) is 0.222. The molecule has 0 unspecified atom stereocenters. The molecule has 0 fully saturated rings. The Kier molecular flexibility index (Phi) is 4.37. The number of anilines is 2. The molecule has 24 heavy (non-hydrogen) atoms. The van der Waals surface area contributed by atoms with Crippen molar-refractivity contribution >= 4 is 23.2 Å². The van der Waals surface area contributed by atoms with Gasteiger partial charge in [0.1, 0.15) is 11.5 Å². The van der Waals surface area contributed by atoms with Crippen LogP contribution in [0, 0.1) is 0 Å². The monoisotopic (exact) mass is 326 g/mol. The van der Waals surface area contributed by atoms with Gasteiger partial charge in [-0.2, -0.15) is 0 Å². The van der Waals surface area contributed by atoms with Crippen molar-refractivity contribution in [2.45, 2.75) is 20.0 Å². The molecule has 0 radical (unpaired) electrons. The zero-order valence-corrected chi connectivity index (χ0v) is 13.5. The number of nitrogens with one attached hydrogen (secondary N) is 2. The van der Waals surface area contributed by atoms with E-state index in [1.54, 1.807) is 49.4 Å². The van der Waals surface area contributed by atoms with Gasteiger partial charge in [0.05, 0.1) is 12.3 Å². The highest BCUT2D eigenvalue weighted by Gasteiger charge is 2.23. The van der Waals surface area contributed by atoms with Gasteiger partial charge in [-0.15, -0.1) is 0 Å². The number of ether oxygens (including phenoxy) is 2. The van der Waals surface area contributed by atoms with Crippen LogP contribution in [0.2, 0.25) is 0 Å². The van der Waals surface area contributed by atoms with E-state index in [4.69, 9.17) is 9.47 Å². The third-order valence-electron chi connectivity index (χ3n) is 3.60. The van der Waals surface area contributed by atoms with E-state index in [1.807, 2.05) is 6.92 Å². The summed E-state index contributed by atoms with van der Waals surface area (Å²) in [6, 6.07) is 12.0. The SMILES string of the molecule is CCOc1ccc(C(=O)Nc2ccc3c(c2)NC(=O)[C@@H](C)O3)cc1. The molecular weight excluding hydrogens is 308 g/mol. The van der Waals surface area contributed by atoms with Crippen LogP contribution in [0.4, 0.5) is 11.4 Å². The van der Waals surface area contributed by atoms with E-state index in [0.717, 1.165) is 5.75 Å². The first-order chi connectivity index (χ1) is 11.6. The summed E-state index contributed by atoms with van der Waals surface area (Å²) >= 11 is 0. The molecule has 1 aliphatic heterocycles. The zero-order valence-electron chi connectivity index (χ0n) is 13.5. The maximum atomic E-state index is 12.3. The minimum absolute atomic E-state index is 0.211. The van der Waals surface area contributed by atoms with Crippen LogP contribution in [0.15, 0.2) is 42.5 Å². The Bertz CT molecular complexity index is 771. The number of carbonyl (C=O) groups is 2. The molecule has 1 heterocycles. The van der Waals surface area contributed by atoms with E-state index in [-0.39, 0.29) is 11.8 Å². The molecule has 2 aromatic carbocycles. The summed E-state index contributed by atoms with van der Waals surface area (Å²) in [5, 5.41) is 5.55. The molecule has 6 nitrogen and oxygen atoms in total. The Morgan fingerprint density at radius 1 is 1.25 bits per heavy atom. The third kappa shape index (κ3) is 3.32. The number of fused-ring (bicyclic) bond motifs is 1. The third-order valence-corrected chi connectivity index (χ3v) is 3.60. The highest BCUT2D eigenvalue weighted by molar-refractivity contribution is 6.05. The second-order valence-corrected chi connectivity index (χ2v) is 5.37. The van der Waals surface area contributed by atoms with E-state index >= 15 is 0 Å². The number of carbonyl (C=O) groups excluding carboxylic acids is 2. The summed E-state index contributed by atoms with van der Waals surface area (Å²) in [5.41, 5.74) is 1.64. The molecule has 0 bridgehead atoms. The summed E-state index contributed by atoms with van der Waals surface area (Å²) < 4.78 is 10.8. The van der Waals surface area contributed by atoms with E-state index in [1.165, 1.54) is 0 Å². The minimum Gasteiger partial charge on any atom is -0.494 e. The Morgan fingerprint density at radius 3 is 2.71 bits per heavy atom. The second-order valence-electron chi connectivity index (χ2n) is 5.37. The summed E-state index contributed by atoms with van der Waals surface area (Å²) in [7, 11) is 0. The van der Waals surface area contributed by atoms with E-state index < -0.39 is 6.10 Å². The van der Waals surface area contributed by atoms with Gasteiger partial charge in [0, 0.05) is 11.3 Å². The van der Waals surface area contributed by atoms with Gasteiger partial charge in [-0.1, -0.05) is 0 Å². The lowest BCUT2D eigenvalue weighted by molar-refractivity contribution is -0.122. The molecule has 1 atom stereocenters. The Balaban J connectivity index is 1.73. The lowest BCUT2D eigenvalue weighted by atomic mass is 10.1. The average molecular weight is 326 g/mol. The van der Waals surface area contributed by atoms with Gasteiger partial charge in [-0.25, -0.2) is 0 Å². The molecule has 2 N–H and O–H groups in total. The van der Waals surface area contributed by atoms with Gasteiger partial charge in [-0.05, 0) is 56.3 Å². The van der Waals surface area contributed by atoms with Crippen molar-refractivity contribution in [3.05, 3.63) is 48.0 Å². The molecule has 0 aliphatic carbocycles. The predicted octanol–water partition coefficient (Wildman–Crippen LogP) is 3.06. The highest BCUT2D eigenvalue weighted by atomic mass is 16.5. The van der Waals surface area contributed by atoms with Crippen molar-refractivity contribution in [3.63, 3.8) is 0 Å². The number of hydrogen-bond donors (Lipinski definition) is 2. The second kappa shape index (κ2) is 6.62. The molecule has 124 valence electrons. The number of rotatable bonds is 4. The van der Waals surface area contributed by atoms with Gasteiger partial charge < -0.3 is 20.1 Å². The van der Waals surface area contributed by atoms with Crippen LogP contribution in [-0.2, 0) is 4.79 Å². The van der Waals surface area contributed by atoms with Crippen molar-refractivity contribution in [2.24, 2.45) is 0 Å². The van der Waals surface area contributed by atoms with Crippen molar-refractivity contribution in [1.29, 1.82) is 0 Å². The van der Waals surface area contributed by atoms with Crippen LogP contribution in [0.5, 0.6) is 11.5 Å². The van der Waals surface area contributed by atoms with Gasteiger partial charge in [0.2, 0.25) is 0 Å². The van der Waals surface area contributed by atoms with Gasteiger partial charge in [0.25, 0.3) is 11.8 Å². The number of amides is 2. The minimum atomic E-state index is -0.526. The highest BCUT2D eigenvalue weighted by Crippen LogP contribution is 2.32. The van der Waals surface area contributed by atoms with Crippen LogP contribution in [0.1, 0.15) is 24.2 Å². The van der Waals surface area contributed by atoms with Gasteiger partial charge in [-0.3, -0.25) is 9.59 Å². The van der Waals surface area contributed by atoms with Crippen molar-refractivity contribution in [3.8, 4) is 11.5 Å². The summed E-state index contributed by atoms with van der Waals surface area (Å²) in [6.45, 7) is 4.16. The van der Waals surface area contributed by atoms with Crippen LogP contribution < -0.4 is 20.1 Å². The summed E-state index contributed by atoms with van der Waals surface area (Å²) in [6.07, 6.45) is -0.526. The maximum absolute atomic E-state index is 12.3. The predicted molar refractivity (Wildman–Crippen MR) is 90.7 cm³/mol. The normalized spacial score (nSPS) is 15.8. The van der Waals surface area contributed by atoms with E-state index in [0.29, 0.717) is 29.3 Å². The van der Waals surface area contributed by atoms with Crippen molar-refractivity contribution in [2.75, 3.05) is 17.2 Å². The largest absolute Gasteiger partial charge is 0.494 e. The number of hydrogen-bond acceptors (Lipinski definition) is 4. The first-order valence-electron chi connectivity index (χ1n) is 7.72. The Morgan fingerprint density at radius 2 is 2.00 bits per heavy atom. The first kappa shape index (κ1) is 15.9.